The first-order valence-electron chi connectivity index (χ1n) is 9.10. The highest BCUT2D eigenvalue weighted by Gasteiger charge is 2.22. The maximum atomic E-state index is 13.0. The van der Waals surface area contributed by atoms with Crippen LogP contribution in [0, 0.1) is 0 Å². The lowest BCUT2D eigenvalue weighted by molar-refractivity contribution is 0.251. The van der Waals surface area contributed by atoms with Gasteiger partial charge >= 0.3 is 6.03 Å². The van der Waals surface area contributed by atoms with Crippen molar-refractivity contribution in [2.75, 3.05) is 19.5 Å². The van der Waals surface area contributed by atoms with E-state index in [1.165, 1.54) is 50.6 Å². The van der Waals surface area contributed by atoms with E-state index < -0.39 is 9.84 Å². The smallest absolute Gasteiger partial charge is 0.319 e. The normalized spacial score (nSPS) is 10.9. The fourth-order valence-electron chi connectivity index (χ4n) is 2.79. The summed E-state index contributed by atoms with van der Waals surface area (Å²) in [4.78, 5) is 12.2. The summed E-state index contributed by atoms with van der Waals surface area (Å²) in [5.74, 6) is 0.684. The summed E-state index contributed by atoms with van der Waals surface area (Å²) in [5.41, 5.74) is 1.45. The molecule has 30 heavy (non-hydrogen) atoms. The highest BCUT2D eigenvalue weighted by atomic mass is 32.2. The average molecular weight is 426 g/mol. The number of benzene rings is 3. The van der Waals surface area contributed by atoms with Crippen molar-refractivity contribution in [3.05, 3.63) is 78.4 Å². The Balaban J connectivity index is 1.71. The van der Waals surface area contributed by atoms with Crippen molar-refractivity contribution in [3.63, 3.8) is 0 Å². The molecule has 7 nitrogen and oxygen atoms in total. The van der Waals surface area contributed by atoms with Gasteiger partial charge in [0.15, 0.2) is 0 Å². The van der Waals surface area contributed by atoms with E-state index in [-0.39, 0.29) is 21.6 Å². The molecule has 8 heteroatoms. The fraction of sp³-hybridized carbons (Fsp3) is 0.136. The van der Waals surface area contributed by atoms with Crippen LogP contribution in [0.1, 0.15) is 5.56 Å². The molecule has 0 aliphatic heterocycles. The van der Waals surface area contributed by atoms with Crippen molar-refractivity contribution in [3.8, 4) is 11.5 Å². The summed E-state index contributed by atoms with van der Waals surface area (Å²) >= 11 is 0. The predicted molar refractivity (Wildman–Crippen MR) is 114 cm³/mol. The second-order valence-corrected chi connectivity index (χ2v) is 8.26. The van der Waals surface area contributed by atoms with Gasteiger partial charge < -0.3 is 20.1 Å². The molecule has 0 heterocycles. The Bertz CT molecular complexity index is 1110. The van der Waals surface area contributed by atoms with E-state index in [0.717, 1.165) is 5.56 Å². The summed E-state index contributed by atoms with van der Waals surface area (Å²) in [7, 11) is -0.919. The maximum Gasteiger partial charge on any atom is 0.319 e. The third-order valence-electron chi connectivity index (χ3n) is 4.38. The number of anilines is 1. The molecule has 0 aromatic heterocycles. The number of urea groups is 1. The van der Waals surface area contributed by atoms with Crippen LogP contribution in [0.25, 0.3) is 0 Å². The van der Waals surface area contributed by atoms with Crippen molar-refractivity contribution in [1.82, 2.24) is 5.32 Å². The van der Waals surface area contributed by atoms with Gasteiger partial charge in [0, 0.05) is 18.3 Å². The molecule has 2 N–H and O–H groups in total. The summed E-state index contributed by atoms with van der Waals surface area (Å²) in [6.45, 7) is 0.385. The van der Waals surface area contributed by atoms with Crippen molar-refractivity contribution in [2.45, 2.75) is 16.3 Å². The standard InChI is InChI=1S/C22H22N2O5S/c1-28-18-10-13-21(20(14-18)29-2)30(26,27)19-11-8-17(9-12-19)24-22(25)23-15-16-6-4-3-5-7-16/h3-14H,15H2,1-2H3,(H2,23,24,25). The first-order valence-corrected chi connectivity index (χ1v) is 10.6. The first kappa shape index (κ1) is 21.2. The minimum atomic E-state index is -3.81. The van der Waals surface area contributed by atoms with Gasteiger partial charge in [-0.1, -0.05) is 30.3 Å². The van der Waals surface area contributed by atoms with Crippen LogP contribution in [0.4, 0.5) is 10.5 Å². The zero-order valence-corrected chi connectivity index (χ0v) is 17.4. The highest BCUT2D eigenvalue weighted by Crippen LogP contribution is 2.32. The van der Waals surface area contributed by atoms with E-state index in [1.807, 2.05) is 30.3 Å². The number of amides is 2. The molecule has 0 bridgehead atoms. The third-order valence-corrected chi connectivity index (χ3v) is 6.19. The number of sulfone groups is 1. The minimum Gasteiger partial charge on any atom is -0.497 e. The molecule has 3 aromatic rings. The van der Waals surface area contributed by atoms with Crippen LogP contribution in [-0.2, 0) is 16.4 Å². The Morgan fingerprint density at radius 1 is 0.900 bits per heavy atom. The Labute approximate surface area is 175 Å². The molecule has 0 radical (unpaired) electrons. The van der Waals surface area contributed by atoms with Crippen LogP contribution in [-0.4, -0.2) is 28.7 Å². The molecule has 0 aliphatic carbocycles. The van der Waals surface area contributed by atoms with Crippen LogP contribution in [0.3, 0.4) is 0 Å². The van der Waals surface area contributed by atoms with E-state index in [4.69, 9.17) is 9.47 Å². The molecule has 0 aliphatic rings. The molecule has 2 amide bonds. The molecule has 3 rings (SSSR count). The van der Waals surface area contributed by atoms with Gasteiger partial charge in [-0.15, -0.1) is 0 Å². The molecule has 0 saturated carbocycles. The number of hydrogen-bond acceptors (Lipinski definition) is 5. The van der Waals surface area contributed by atoms with Crippen molar-refractivity contribution < 1.29 is 22.7 Å². The van der Waals surface area contributed by atoms with Gasteiger partial charge in [-0.05, 0) is 42.0 Å². The quantitative estimate of drug-likeness (QED) is 0.598. The van der Waals surface area contributed by atoms with Gasteiger partial charge in [-0.2, -0.15) is 0 Å². The summed E-state index contributed by atoms with van der Waals surface area (Å²) in [6.07, 6.45) is 0. The molecule has 0 atom stereocenters. The molecule has 0 spiro atoms. The first-order chi connectivity index (χ1) is 14.4. The van der Waals surface area contributed by atoms with Gasteiger partial charge in [0.05, 0.1) is 19.1 Å². The van der Waals surface area contributed by atoms with E-state index in [2.05, 4.69) is 10.6 Å². The SMILES string of the molecule is COc1ccc(S(=O)(=O)c2ccc(NC(=O)NCc3ccccc3)cc2)c(OC)c1. The Morgan fingerprint density at radius 2 is 1.60 bits per heavy atom. The largest absolute Gasteiger partial charge is 0.497 e. The molecule has 0 unspecified atom stereocenters. The minimum absolute atomic E-state index is 0.0344. The Morgan fingerprint density at radius 3 is 2.23 bits per heavy atom. The number of carbonyl (C=O) groups excluding carboxylic acids is 1. The second-order valence-electron chi connectivity index (χ2n) is 6.34. The zero-order chi connectivity index (χ0) is 21.6. The van der Waals surface area contributed by atoms with Gasteiger partial charge in [0.2, 0.25) is 9.84 Å². The van der Waals surface area contributed by atoms with Crippen LogP contribution in [0.5, 0.6) is 11.5 Å². The number of methoxy groups -OCH3 is 2. The van der Waals surface area contributed by atoms with Crippen molar-refractivity contribution >= 4 is 21.6 Å². The molecular weight excluding hydrogens is 404 g/mol. The fourth-order valence-corrected chi connectivity index (χ4v) is 4.20. The van der Waals surface area contributed by atoms with E-state index in [0.29, 0.717) is 18.0 Å². The second kappa shape index (κ2) is 9.32. The van der Waals surface area contributed by atoms with Gasteiger partial charge in [0.25, 0.3) is 0 Å². The number of nitrogens with one attached hydrogen (secondary N) is 2. The topological polar surface area (TPSA) is 93.7 Å². The van der Waals surface area contributed by atoms with Crippen molar-refractivity contribution in [2.24, 2.45) is 0 Å². The van der Waals surface area contributed by atoms with Crippen molar-refractivity contribution in [1.29, 1.82) is 0 Å². The lowest BCUT2D eigenvalue weighted by Gasteiger charge is -2.12. The number of ether oxygens (including phenoxy) is 2. The number of rotatable bonds is 7. The number of carbonyl (C=O) groups is 1. The zero-order valence-electron chi connectivity index (χ0n) is 16.6. The van der Waals surface area contributed by atoms with Gasteiger partial charge in [-0.25, -0.2) is 13.2 Å². The van der Waals surface area contributed by atoms with Crippen LogP contribution >= 0.6 is 0 Å². The monoisotopic (exact) mass is 426 g/mol. The van der Waals surface area contributed by atoms with Crippen LogP contribution < -0.4 is 20.1 Å². The van der Waals surface area contributed by atoms with E-state index >= 15 is 0 Å². The molecule has 0 saturated heterocycles. The van der Waals surface area contributed by atoms with Crippen LogP contribution in [0.2, 0.25) is 0 Å². The lowest BCUT2D eigenvalue weighted by atomic mass is 10.2. The maximum absolute atomic E-state index is 13.0. The summed E-state index contributed by atoms with van der Waals surface area (Å²) in [5, 5.41) is 5.43. The molecule has 3 aromatic carbocycles. The summed E-state index contributed by atoms with van der Waals surface area (Å²) < 4.78 is 36.3. The Hall–Kier alpha value is -3.52. The predicted octanol–water partition coefficient (Wildman–Crippen LogP) is 3.86. The van der Waals surface area contributed by atoms with E-state index in [9.17, 15) is 13.2 Å². The molecule has 156 valence electrons. The number of hydrogen-bond donors (Lipinski definition) is 2. The molecular formula is C22H22N2O5S. The average Bonchev–Trinajstić information content (AvgIpc) is 2.78. The van der Waals surface area contributed by atoms with Gasteiger partial charge in [-0.3, -0.25) is 0 Å². The third kappa shape index (κ3) is 4.90. The van der Waals surface area contributed by atoms with E-state index in [1.54, 1.807) is 6.07 Å². The molecule has 0 fully saturated rings. The highest BCUT2D eigenvalue weighted by molar-refractivity contribution is 7.91. The summed E-state index contributed by atoms with van der Waals surface area (Å²) in [6, 6.07) is 19.6. The Kier molecular flexibility index (Phi) is 6.58. The lowest BCUT2D eigenvalue weighted by Crippen LogP contribution is -2.28. The van der Waals surface area contributed by atoms with Gasteiger partial charge in [0.1, 0.15) is 16.4 Å². The van der Waals surface area contributed by atoms with Crippen LogP contribution in [0.15, 0.2) is 82.6 Å².